The largest absolute Gasteiger partial charge is 0.373 e. The van der Waals surface area contributed by atoms with Crippen molar-refractivity contribution in [1.29, 1.82) is 0 Å². The average molecular weight is 310 g/mol. The summed E-state index contributed by atoms with van der Waals surface area (Å²) in [5, 5.41) is 0.823. The highest BCUT2D eigenvalue weighted by Crippen LogP contribution is 2.37. The molecule has 0 radical (unpaired) electrons. The van der Waals surface area contributed by atoms with E-state index in [9.17, 15) is 0 Å². The van der Waals surface area contributed by atoms with Crippen LogP contribution in [0.4, 0.5) is 5.69 Å². The summed E-state index contributed by atoms with van der Waals surface area (Å²) >= 11 is 6.41. The van der Waals surface area contributed by atoms with Crippen LogP contribution in [-0.4, -0.2) is 44.2 Å². The minimum atomic E-state index is 0.137. The summed E-state index contributed by atoms with van der Waals surface area (Å²) in [5.74, 6) is 0. The minimum absolute atomic E-state index is 0.137. The smallest absolute Gasteiger partial charge is 0.0459 e. The van der Waals surface area contributed by atoms with E-state index in [0.29, 0.717) is 5.54 Å². The van der Waals surface area contributed by atoms with Gasteiger partial charge in [0.15, 0.2) is 0 Å². The molecule has 21 heavy (non-hydrogen) atoms. The molecule has 0 amide bonds. The predicted molar refractivity (Wildman–Crippen MR) is 92.3 cm³/mol. The Balaban J connectivity index is 2.09. The SMILES string of the molecule is CC(N)Cc1ccc(N(C)CC2(N(C)C)CCC2)cc1Cl. The van der Waals surface area contributed by atoms with Crippen LogP contribution in [0.5, 0.6) is 0 Å². The highest BCUT2D eigenvalue weighted by atomic mass is 35.5. The molecule has 1 unspecified atom stereocenters. The van der Waals surface area contributed by atoms with E-state index in [1.54, 1.807) is 0 Å². The lowest BCUT2D eigenvalue weighted by atomic mass is 9.75. The Bertz CT molecular complexity index is 481. The van der Waals surface area contributed by atoms with Crippen molar-refractivity contribution in [2.24, 2.45) is 5.73 Å². The topological polar surface area (TPSA) is 32.5 Å². The molecule has 1 saturated carbocycles. The second-order valence-electron chi connectivity index (χ2n) is 6.79. The van der Waals surface area contributed by atoms with Crippen LogP contribution in [0.2, 0.25) is 5.02 Å². The van der Waals surface area contributed by atoms with Crippen molar-refractivity contribution in [2.45, 2.75) is 44.2 Å². The summed E-state index contributed by atoms with van der Waals surface area (Å²) in [5.41, 5.74) is 8.50. The van der Waals surface area contributed by atoms with E-state index >= 15 is 0 Å². The molecule has 0 heterocycles. The first kappa shape index (κ1) is 16.6. The van der Waals surface area contributed by atoms with Crippen LogP contribution in [0.1, 0.15) is 31.7 Å². The lowest BCUT2D eigenvalue weighted by Gasteiger charge is -2.49. The van der Waals surface area contributed by atoms with E-state index < -0.39 is 0 Å². The average Bonchev–Trinajstić information content (AvgIpc) is 2.35. The summed E-state index contributed by atoms with van der Waals surface area (Å²) in [4.78, 5) is 4.69. The molecule has 1 fully saturated rings. The fourth-order valence-electron chi connectivity index (χ4n) is 3.15. The van der Waals surface area contributed by atoms with Gasteiger partial charge in [-0.25, -0.2) is 0 Å². The third-order valence-electron chi connectivity index (χ3n) is 4.78. The summed E-state index contributed by atoms with van der Waals surface area (Å²) in [6, 6.07) is 6.48. The van der Waals surface area contributed by atoms with Crippen molar-refractivity contribution in [3.63, 3.8) is 0 Å². The third kappa shape index (κ3) is 3.71. The third-order valence-corrected chi connectivity index (χ3v) is 5.14. The normalized spacial score (nSPS) is 18.4. The van der Waals surface area contributed by atoms with Crippen LogP contribution in [0.15, 0.2) is 18.2 Å². The molecular weight excluding hydrogens is 282 g/mol. The van der Waals surface area contributed by atoms with Gasteiger partial charge in [0.1, 0.15) is 0 Å². The Morgan fingerprint density at radius 2 is 1.95 bits per heavy atom. The van der Waals surface area contributed by atoms with Gasteiger partial charge >= 0.3 is 0 Å². The minimum Gasteiger partial charge on any atom is -0.373 e. The number of benzene rings is 1. The van der Waals surface area contributed by atoms with Gasteiger partial charge in [-0.1, -0.05) is 17.7 Å². The molecule has 1 aromatic rings. The number of likely N-dealkylation sites (N-methyl/N-ethyl adjacent to an activating group) is 2. The Labute approximate surface area is 134 Å². The Morgan fingerprint density at radius 3 is 2.38 bits per heavy atom. The van der Waals surface area contributed by atoms with Crippen molar-refractivity contribution in [3.05, 3.63) is 28.8 Å². The number of hydrogen-bond donors (Lipinski definition) is 1. The highest BCUT2D eigenvalue weighted by molar-refractivity contribution is 6.31. The number of rotatable bonds is 6. The number of nitrogens with zero attached hydrogens (tertiary/aromatic N) is 2. The molecule has 0 saturated heterocycles. The first-order valence-electron chi connectivity index (χ1n) is 7.77. The first-order valence-corrected chi connectivity index (χ1v) is 8.14. The molecule has 118 valence electrons. The first-order chi connectivity index (χ1) is 9.84. The zero-order valence-electron chi connectivity index (χ0n) is 13.7. The second-order valence-corrected chi connectivity index (χ2v) is 7.19. The molecule has 0 spiro atoms. The summed E-state index contributed by atoms with van der Waals surface area (Å²) in [7, 11) is 6.53. The Morgan fingerprint density at radius 1 is 1.29 bits per heavy atom. The van der Waals surface area contributed by atoms with Crippen LogP contribution in [0, 0.1) is 0 Å². The van der Waals surface area contributed by atoms with Gasteiger partial charge in [-0.2, -0.15) is 0 Å². The molecule has 1 aromatic carbocycles. The van der Waals surface area contributed by atoms with Crippen molar-refractivity contribution < 1.29 is 0 Å². The molecule has 2 N–H and O–H groups in total. The van der Waals surface area contributed by atoms with Crippen molar-refractivity contribution in [1.82, 2.24) is 4.90 Å². The molecular formula is C17H28ClN3. The van der Waals surface area contributed by atoms with Crippen LogP contribution < -0.4 is 10.6 Å². The van der Waals surface area contributed by atoms with Gasteiger partial charge in [0.05, 0.1) is 0 Å². The molecule has 0 bridgehead atoms. The zero-order valence-corrected chi connectivity index (χ0v) is 14.5. The van der Waals surface area contributed by atoms with Gasteiger partial charge in [-0.15, -0.1) is 0 Å². The number of halogens is 1. The van der Waals surface area contributed by atoms with E-state index in [2.05, 4.69) is 49.1 Å². The van der Waals surface area contributed by atoms with Gasteiger partial charge < -0.3 is 15.5 Å². The van der Waals surface area contributed by atoms with Crippen molar-refractivity contribution >= 4 is 17.3 Å². The number of nitrogens with two attached hydrogens (primary N) is 1. The Hall–Kier alpha value is -0.770. The molecule has 0 aliphatic heterocycles. The van der Waals surface area contributed by atoms with Crippen LogP contribution in [-0.2, 0) is 6.42 Å². The van der Waals surface area contributed by atoms with Gasteiger partial charge in [0, 0.05) is 35.9 Å². The van der Waals surface area contributed by atoms with Gasteiger partial charge in [-0.3, -0.25) is 0 Å². The maximum atomic E-state index is 6.41. The van der Waals surface area contributed by atoms with E-state index in [-0.39, 0.29) is 6.04 Å². The van der Waals surface area contributed by atoms with Gasteiger partial charge in [-0.05, 0) is 64.4 Å². The summed E-state index contributed by atoms with van der Waals surface area (Å²) < 4.78 is 0. The zero-order chi connectivity index (χ0) is 15.6. The number of hydrogen-bond acceptors (Lipinski definition) is 3. The maximum absolute atomic E-state index is 6.41. The summed E-state index contributed by atoms with van der Waals surface area (Å²) in [6.45, 7) is 3.05. The molecule has 1 aliphatic carbocycles. The van der Waals surface area contributed by atoms with E-state index in [1.165, 1.54) is 24.9 Å². The standard InChI is InChI=1S/C17H28ClN3/c1-13(19)10-14-6-7-15(11-16(14)18)21(4)12-17(20(2)3)8-5-9-17/h6-7,11,13H,5,8-10,12,19H2,1-4H3. The van der Waals surface area contributed by atoms with Crippen LogP contribution >= 0.6 is 11.6 Å². The highest BCUT2D eigenvalue weighted by Gasteiger charge is 2.39. The van der Waals surface area contributed by atoms with E-state index in [4.69, 9.17) is 17.3 Å². The fraction of sp³-hybridized carbons (Fsp3) is 0.647. The predicted octanol–water partition coefficient (Wildman–Crippen LogP) is 3.15. The van der Waals surface area contributed by atoms with Crippen molar-refractivity contribution in [3.8, 4) is 0 Å². The molecule has 0 aromatic heterocycles. The monoisotopic (exact) mass is 309 g/mol. The Kier molecular flexibility index (Phi) is 5.18. The molecule has 4 heteroatoms. The second kappa shape index (κ2) is 6.55. The summed E-state index contributed by atoms with van der Waals surface area (Å²) in [6.07, 6.45) is 4.71. The lowest BCUT2D eigenvalue weighted by Crippen LogP contribution is -2.56. The van der Waals surface area contributed by atoms with Gasteiger partial charge in [0.25, 0.3) is 0 Å². The van der Waals surface area contributed by atoms with Gasteiger partial charge in [0.2, 0.25) is 0 Å². The van der Waals surface area contributed by atoms with E-state index in [0.717, 1.165) is 23.6 Å². The lowest BCUT2D eigenvalue weighted by molar-refractivity contribution is 0.0683. The van der Waals surface area contributed by atoms with Crippen molar-refractivity contribution in [2.75, 3.05) is 32.6 Å². The molecule has 1 atom stereocenters. The van der Waals surface area contributed by atoms with Crippen LogP contribution in [0.25, 0.3) is 0 Å². The quantitative estimate of drug-likeness (QED) is 0.876. The maximum Gasteiger partial charge on any atom is 0.0459 e. The number of anilines is 1. The molecule has 1 aliphatic rings. The molecule has 2 rings (SSSR count). The van der Waals surface area contributed by atoms with Crippen LogP contribution in [0.3, 0.4) is 0 Å². The van der Waals surface area contributed by atoms with E-state index in [1.807, 2.05) is 6.92 Å². The fourth-order valence-corrected chi connectivity index (χ4v) is 3.40. The molecule has 3 nitrogen and oxygen atoms in total.